The first kappa shape index (κ1) is 16.1. The van der Waals surface area contributed by atoms with Crippen LogP contribution in [-0.2, 0) is 11.3 Å². The summed E-state index contributed by atoms with van der Waals surface area (Å²) in [5, 5.41) is 4.77. The summed E-state index contributed by atoms with van der Waals surface area (Å²) in [5.74, 6) is 0. The van der Waals surface area contributed by atoms with Crippen LogP contribution in [0, 0.1) is 0 Å². The van der Waals surface area contributed by atoms with Crippen molar-refractivity contribution in [3.05, 3.63) is 33.8 Å². The Bertz CT molecular complexity index is 422. The van der Waals surface area contributed by atoms with E-state index in [2.05, 4.69) is 10.2 Å². The lowest BCUT2D eigenvalue weighted by Gasteiger charge is -2.25. The average molecular weight is 317 g/mol. The molecule has 0 aromatic heterocycles. The number of rotatable bonds is 7. The molecular weight excluding hydrogens is 295 g/mol. The van der Waals surface area contributed by atoms with E-state index < -0.39 is 0 Å². The molecule has 0 saturated carbocycles. The molecule has 1 atom stereocenters. The second-order valence-electron chi connectivity index (χ2n) is 5.27. The molecule has 112 valence electrons. The molecule has 1 aromatic carbocycles. The first-order chi connectivity index (χ1) is 9.69. The van der Waals surface area contributed by atoms with Gasteiger partial charge in [-0.2, -0.15) is 0 Å². The van der Waals surface area contributed by atoms with Crippen molar-refractivity contribution in [2.45, 2.75) is 25.4 Å². The Morgan fingerprint density at radius 1 is 1.35 bits per heavy atom. The van der Waals surface area contributed by atoms with Crippen LogP contribution >= 0.6 is 23.2 Å². The van der Waals surface area contributed by atoms with Gasteiger partial charge in [-0.05, 0) is 37.1 Å². The maximum Gasteiger partial charge on any atom is 0.0595 e. The number of halogens is 2. The largest absolute Gasteiger partial charge is 0.383 e. The molecule has 20 heavy (non-hydrogen) atoms. The SMILES string of the molecule is COCCN(Cc1ccc(Cl)c(Cl)c1)CC1CCCN1. The van der Waals surface area contributed by atoms with Crippen LogP contribution in [0.25, 0.3) is 0 Å². The fraction of sp³-hybridized carbons (Fsp3) is 0.600. The second-order valence-corrected chi connectivity index (χ2v) is 6.08. The normalized spacial score (nSPS) is 18.9. The molecule has 1 heterocycles. The standard InChI is InChI=1S/C15H22Cl2N2O/c1-20-8-7-19(11-13-3-2-6-18-13)10-12-4-5-14(16)15(17)9-12/h4-5,9,13,18H,2-3,6-8,10-11H2,1H3. The Balaban J connectivity index is 1.95. The predicted molar refractivity (Wildman–Crippen MR) is 84.6 cm³/mol. The van der Waals surface area contributed by atoms with Gasteiger partial charge >= 0.3 is 0 Å². The molecule has 0 bridgehead atoms. The fourth-order valence-corrected chi connectivity index (χ4v) is 2.90. The monoisotopic (exact) mass is 316 g/mol. The Kier molecular flexibility index (Phi) is 6.59. The number of hydrogen-bond acceptors (Lipinski definition) is 3. The highest BCUT2D eigenvalue weighted by Crippen LogP contribution is 2.23. The smallest absolute Gasteiger partial charge is 0.0595 e. The van der Waals surface area contributed by atoms with Crippen LogP contribution < -0.4 is 5.32 Å². The minimum atomic E-state index is 0.592. The average Bonchev–Trinajstić information content (AvgIpc) is 2.93. The number of ether oxygens (including phenoxy) is 1. The summed E-state index contributed by atoms with van der Waals surface area (Å²) in [6.45, 7) is 4.72. The summed E-state index contributed by atoms with van der Waals surface area (Å²) in [5.41, 5.74) is 1.19. The third-order valence-corrected chi connectivity index (χ3v) is 4.38. The van der Waals surface area contributed by atoms with Crippen molar-refractivity contribution in [3.8, 4) is 0 Å². The molecule has 1 fully saturated rings. The van der Waals surface area contributed by atoms with Gasteiger partial charge in [0.15, 0.2) is 0 Å². The fourth-order valence-electron chi connectivity index (χ4n) is 2.58. The second kappa shape index (κ2) is 8.20. The highest BCUT2D eigenvalue weighted by atomic mass is 35.5. The molecular formula is C15H22Cl2N2O. The summed E-state index contributed by atoms with van der Waals surface area (Å²) >= 11 is 12.0. The van der Waals surface area contributed by atoms with Crippen LogP contribution in [0.15, 0.2) is 18.2 Å². The summed E-state index contributed by atoms with van der Waals surface area (Å²) < 4.78 is 5.21. The number of methoxy groups -OCH3 is 1. The van der Waals surface area contributed by atoms with Crippen molar-refractivity contribution in [1.29, 1.82) is 0 Å². The number of benzene rings is 1. The molecule has 2 rings (SSSR count). The van der Waals surface area contributed by atoms with E-state index in [0.29, 0.717) is 16.1 Å². The molecule has 0 aliphatic carbocycles. The Morgan fingerprint density at radius 3 is 2.85 bits per heavy atom. The van der Waals surface area contributed by atoms with E-state index in [-0.39, 0.29) is 0 Å². The lowest BCUT2D eigenvalue weighted by Crippen LogP contribution is -2.38. The quantitative estimate of drug-likeness (QED) is 0.836. The van der Waals surface area contributed by atoms with Gasteiger partial charge in [0.05, 0.1) is 16.7 Å². The first-order valence-electron chi connectivity index (χ1n) is 7.07. The van der Waals surface area contributed by atoms with Gasteiger partial charge in [-0.1, -0.05) is 29.3 Å². The van der Waals surface area contributed by atoms with Crippen molar-refractivity contribution in [1.82, 2.24) is 10.2 Å². The minimum absolute atomic E-state index is 0.592. The van der Waals surface area contributed by atoms with E-state index in [1.165, 1.54) is 18.4 Å². The molecule has 1 aliphatic heterocycles. The van der Waals surface area contributed by atoms with Crippen molar-refractivity contribution < 1.29 is 4.74 Å². The Morgan fingerprint density at radius 2 is 2.20 bits per heavy atom. The van der Waals surface area contributed by atoms with Crippen LogP contribution in [0.5, 0.6) is 0 Å². The van der Waals surface area contributed by atoms with Crippen LogP contribution in [0.1, 0.15) is 18.4 Å². The van der Waals surface area contributed by atoms with Gasteiger partial charge < -0.3 is 10.1 Å². The van der Waals surface area contributed by atoms with Crippen LogP contribution in [0.2, 0.25) is 10.0 Å². The highest BCUT2D eigenvalue weighted by molar-refractivity contribution is 6.42. The van der Waals surface area contributed by atoms with E-state index in [4.69, 9.17) is 27.9 Å². The summed E-state index contributed by atoms with van der Waals surface area (Å²) in [4.78, 5) is 2.41. The number of hydrogen-bond donors (Lipinski definition) is 1. The summed E-state index contributed by atoms with van der Waals surface area (Å²) in [6, 6.07) is 6.44. The predicted octanol–water partition coefficient (Wildman–Crippen LogP) is 3.19. The van der Waals surface area contributed by atoms with Gasteiger partial charge in [0.2, 0.25) is 0 Å². The molecule has 1 N–H and O–H groups in total. The maximum atomic E-state index is 6.08. The third kappa shape index (κ3) is 4.90. The van der Waals surface area contributed by atoms with E-state index in [1.54, 1.807) is 7.11 Å². The van der Waals surface area contributed by atoms with Gasteiger partial charge in [-0.3, -0.25) is 4.90 Å². The molecule has 5 heteroatoms. The number of nitrogens with one attached hydrogen (secondary N) is 1. The zero-order valence-corrected chi connectivity index (χ0v) is 13.4. The van der Waals surface area contributed by atoms with E-state index in [0.717, 1.165) is 32.8 Å². The maximum absolute atomic E-state index is 6.08. The van der Waals surface area contributed by atoms with Gasteiger partial charge in [0.25, 0.3) is 0 Å². The zero-order chi connectivity index (χ0) is 14.4. The van der Waals surface area contributed by atoms with Gasteiger partial charge in [0, 0.05) is 32.8 Å². The van der Waals surface area contributed by atoms with E-state index >= 15 is 0 Å². The third-order valence-electron chi connectivity index (χ3n) is 3.64. The van der Waals surface area contributed by atoms with E-state index in [9.17, 15) is 0 Å². The Hall–Kier alpha value is -0.320. The van der Waals surface area contributed by atoms with Crippen LogP contribution in [0.4, 0.5) is 0 Å². The van der Waals surface area contributed by atoms with Crippen LogP contribution in [-0.4, -0.2) is 44.3 Å². The molecule has 0 amide bonds. The lowest BCUT2D eigenvalue weighted by molar-refractivity contribution is 0.138. The Labute approximate surface area is 131 Å². The highest BCUT2D eigenvalue weighted by Gasteiger charge is 2.18. The molecule has 1 aromatic rings. The van der Waals surface area contributed by atoms with Crippen molar-refractivity contribution in [3.63, 3.8) is 0 Å². The summed E-state index contributed by atoms with van der Waals surface area (Å²) in [7, 11) is 1.74. The molecule has 1 aliphatic rings. The molecule has 1 saturated heterocycles. The van der Waals surface area contributed by atoms with Gasteiger partial charge in [-0.15, -0.1) is 0 Å². The minimum Gasteiger partial charge on any atom is -0.383 e. The van der Waals surface area contributed by atoms with Crippen molar-refractivity contribution in [2.75, 3.05) is 33.4 Å². The molecule has 3 nitrogen and oxygen atoms in total. The first-order valence-corrected chi connectivity index (χ1v) is 7.83. The lowest BCUT2D eigenvalue weighted by atomic mass is 10.1. The molecule has 1 unspecified atom stereocenters. The molecule has 0 spiro atoms. The van der Waals surface area contributed by atoms with Gasteiger partial charge in [0.1, 0.15) is 0 Å². The van der Waals surface area contributed by atoms with Crippen molar-refractivity contribution >= 4 is 23.2 Å². The topological polar surface area (TPSA) is 24.5 Å². The van der Waals surface area contributed by atoms with Crippen molar-refractivity contribution in [2.24, 2.45) is 0 Å². The van der Waals surface area contributed by atoms with Gasteiger partial charge in [-0.25, -0.2) is 0 Å². The number of nitrogens with zero attached hydrogens (tertiary/aromatic N) is 1. The molecule has 0 radical (unpaired) electrons. The van der Waals surface area contributed by atoms with E-state index in [1.807, 2.05) is 18.2 Å². The van der Waals surface area contributed by atoms with Crippen LogP contribution in [0.3, 0.4) is 0 Å². The zero-order valence-electron chi connectivity index (χ0n) is 11.9. The summed E-state index contributed by atoms with van der Waals surface area (Å²) in [6.07, 6.45) is 2.53.